The number of hydrogen-bond acceptors (Lipinski definition) is 7. The van der Waals surface area contributed by atoms with Crippen LogP contribution >= 0.6 is 0 Å². The van der Waals surface area contributed by atoms with Crippen molar-refractivity contribution < 1.29 is 19.1 Å². The molecule has 0 saturated heterocycles. The van der Waals surface area contributed by atoms with E-state index >= 15 is 0 Å². The van der Waals surface area contributed by atoms with Crippen LogP contribution in [0.1, 0.15) is 20.7 Å². The van der Waals surface area contributed by atoms with E-state index in [2.05, 4.69) is 20.6 Å². The second kappa shape index (κ2) is 5.99. The summed E-state index contributed by atoms with van der Waals surface area (Å²) in [5, 5.41) is 6.16. The second-order valence-corrected chi connectivity index (χ2v) is 5.62. The minimum absolute atomic E-state index is 0.331. The molecule has 1 aliphatic heterocycles. The number of imide groups is 1. The van der Waals surface area contributed by atoms with Crippen LogP contribution in [0.25, 0.3) is 10.9 Å². The van der Waals surface area contributed by atoms with Crippen LogP contribution in [0, 0.1) is 0 Å². The molecule has 8 heteroatoms. The van der Waals surface area contributed by atoms with Gasteiger partial charge in [0.1, 0.15) is 12.1 Å². The van der Waals surface area contributed by atoms with Crippen molar-refractivity contribution in [2.45, 2.75) is 0 Å². The lowest BCUT2D eigenvalue weighted by molar-refractivity contribution is 0.0879. The van der Waals surface area contributed by atoms with Crippen molar-refractivity contribution in [3.8, 4) is 11.5 Å². The molecule has 3 aromatic rings. The number of benzene rings is 2. The van der Waals surface area contributed by atoms with E-state index in [1.807, 2.05) is 0 Å². The molecule has 0 aliphatic carbocycles. The van der Waals surface area contributed by atoms with E-state index in [0.29, 0.717) is 39.6 Å². The van der Waals surface area contributed by atoms with Crippen molar-refractivity contribution in [3.63, 3.8) is 0 Å². The molecule has 0 unspecified atom stereocenters. The molecule has 1 aromatic heterocycles. The highest BCUT2D eigenvalue weighted by Crippen LogP contribution is 2.34. The van der Waals surface area contributed by atoms with Crippen molar-refractivity contribution >= 4 is 34.2 Å². The number of rotatable bonds is 4. The lowest BCUT2D eigenvalue weighted by Crippen LogP contribution is -2.19. The number of amides is 2. The third kappa shape index (κ3) is 2.48. The molecule has 1 aliphatic rings. The minimum atomic E-state index is -0.410. The largest absolute Gasteiger partial charge is 0.493 e. The molecule has 2 heterocycles. The van der Waals surface area contributed by atoms with Crippen molar-refractivity contribution in [2.75, 3.05) is 19.5 Å². The number of aromatic nitrogens is 2. The van der Waals surface area contributed by atoms with Gasteiger partial charge >= 0.3 is 0 Å². The zero-order valence-electron chi connectivity index (χ0n) is 14.0. The monoisotopic (exact) mass is 350 g/mol. The van der Waals surface area contributed by atoms with Crippen molar-refractivity contribution in [2.24, 2.45) is 0 Å². The fraction of sp³-hybridized carbons (Fsp3) is 0.111. The Labute approximate surface area is 148 Å². The Morgan fingerprint density at radius 1 is 0.923 bits per heavy atom. The molecule has 8 nitrogen and oxygen atoms in total. The SMILES string of the molecule is COc1cc2ncnc(Nc3ccc4c(c3)C(=O)NC4=O)c2cc1OC. The molecule has 0 fully saturated rings. The summed E-state index contributed by atoms with van der Waals surface area (Å²) in [5.41, 5.74) is 2.00. The molecule has 0 spiro atoms. The first-order valence-electron chi connectivity index (χ1n) is 7.74. The third-order valence-corrected chi connectivity index (χ3v) is 4.14. The number of hydrogen-bond donors (Lipinski definition) is 2. The van der Waals surface area contributed by atoms with Gasteiger partial charge in [-0.2, -0.15) is 0 Å². The zero-order chi connectivity index (χ0) is 18.3. The number of carbonyl (C=O) groups excluding carboxylic acids is 2. The van der Waals surface area contributed by atoms with E-state index in [4.69, 9.17) is 9.47 Å². The fourth-order valence-electron chi connectivity index (χ4n) is 2.87. The van der Waals surface area contributed by atoms with Gasteiger partial charge in [0, 0.05) is 17.1 Å². The molecular formula is C18H14N4O4. The van der Waals surface area contributed by atoms with Gasteiger partial charge in [-0.1, -0.05) is 0 Å². The van der Waals surface area contributed by atoms with Crippen LogP contribution < -0.4 is 20.1 Å². The molecule has 2 aromatic carbocycles. The van der Waals surface area contributed by atoms with Gasteiger partial charge in [-0.05, 0) is 24.3 Å². The standard InChI is InChI=1S/C18H14N4O4/c1-25-14-6-12-13(7-15(14)26-2)19-8-20-16(12)21-9-3-4-10-11(5-9)18(24)22-17(10)23/h3-8H,1-2H3,(H,19,20,21)(H,22,23,24). The van der Waals surface area contributed by atoms with Gasteiger partial charge in [-0.15, -0.1) is 0 Å². The van der Waals surface area contributed by atoms with Gasteiger partial charge < -0.3 is 14.8 Å². The van der Waals surface area contributed by atoms with Gasteiger partial charge in [0.15, 0.2) is 11.5 Å². The number of nitrogens with one attached hydrogen (secondary N) is 2. The highest BCUT2D eigenvalue weighted by Gasteiger charge is 2.26. The van der Waals surface area contributed by atoms with Gasteiger partial charge in [0.2, 0.25) is 0 Å². The summed E-state index contributed by atoms with van der Waals surface area (Å²) in [7, 11) is 3.11. The fourth-order valence-corrected chi connectivity index (χ4v) is 2.87. The number of fused-ring (bicyclic) bond motifs is 2. The van der Waals surface area contributed by atoms with Crippen LogP contribution in [-0.2, 0) is 0 Å². The molecule has 0 bridgehead atoms. The molecule has 2 N–H and O–H groups in total. The van der Waals surface area contributed by atoms with Crippen LogP contribution in [0.4, 0.5) is 11.5 Å². The lowest BCUT2D eigenvalue weighted by Gasteiger charge is -2.12. The highest BCUT2D eigenvalue weighted by molar-refractivity contribution is 6.21. The van der Waals surface area contributed by atoms with Crippen LogP contribution in [0.5, 0.6) is 11.5 Å². The molecule has 0 atom stereocenters. The summed E-state index contributed by atoms with van der Waals surface area (Å²) in [5.74, 6) is 0.864. The lowest BCUT2D eigenvalue weighted by atomic mass is 10.1. The minimum Gasteiger partial charge on any atom is -0.493 e. The number of methoxy groups -OCH3 is 2. The van der Waals surface area contributed by atoms with E-state index in [-0.39, 0.29) is 5.91 Å². The number of anilines is 2. The van der Waals surface area contributed by atoms with Gasteiger partial charge in [0.25, 0.3) is 11.8 Å². The quantitative estimate of drug-likeness (QED) is 0.696. The van der Waals surface area contributed by atoms with E-state index in [0.717, 1.165) is 5.39 Å². The Morgan fingerprint density at radius 2 is 1.65 bits per heavy atom. The first-order valence-corrected chi connectivity index (χ1v) is 7.74. The summed E-state index contributed by atoms with van der Waals surface area (Å²) in [6.45, 7) is 0. The van der Waals surface area contributed by atoms with Gasteiger partial charge in [-0.3, -0.25) is 14.9 Å². The van der Waals surface area contributed by atoms with Gasteiger partial charge in [0.05, 0.1) is 30.9 Å². The van der Waals surface area contributed by atoms with E-state index in [1.54, 1.807) is 44.6 Å². The van der Waals surface area contributed by atoms with Crippen molar-refractivity contribution in [1.82, 2.24) is 15.3 Å². The predicted octanol–water partition coefficient (Wildman–Crippen LogP) is 2.27. The third-order valence-electron chi connectivity index (χ3n) is 4.14. The second-order valence-electron chi connectivity index (χ2n) is 5.62. The van der Waals surface area contributed by atoms with Crippen LogP contribution in [-0.4, -0.2) is 36.0 Å². The van der Waals surface area contributed by atoms with Crippen molar-refractivity contribution in [1.29, 1.82) is 0 Å². The Hall–Kier alpha value is -3.68. The molecule has 4 rings (SSSR count). The van der Waals surface area contributed by atoms with E-state index in [9.17, 15) is 9.59 Å². The summed E-state index contributed by atoms with van der Waals surface area (Å²) < 4.78 is 10.6. The average Bonchev–Trinajstić information content (AvgIpc) is 2.94. The molecule has 26 heavy (non-hydrogen) atoms. The first-order chi connectivity index (χ1) is 12.6. The predicted molar refractivity (Wildman–Crippen MR) is 94.2 cm³/mol. The summed E-state index contributed by atoms with van der Waals surface area (Å²) in [4.78, 5) is 32.0. The Balaban J connectivity index is 1.77. The van der Waals surface area contributed by atoms with Crippen LogP contribution in [0.2, 0.25) is 0 Å². The first kappa shape index (κ1) is 15.8. The van der Waals surface area contributed by atoms with E-state index in [1.165, 1.54) is 6.33 Å². The van der Waals surface area contributed by atoms with E-state index < -0.39 is 5.91 Å². The maximum absolute atomic E-state index is 11.8. The zero-order valence-corrected chi connectivity index (χ0v) is 14.0. The normalized spacial score (nSPS) is 12.7. The Bertz CT molecular complexity index is 1060. The maximum atomic E-state index is 11.8. The smallest absolute Gasteiger partial charge is 0.259 e. The highest BCUT2D eigenvalue weighted by atomic mass is 16.5. The molecule has 2 amide bonds. The Morgan fingerprint density at radius 3 is 2.42 bits per heavy atom. The molecule has 0 saturated carbocycles. The van der Waals surface area contributed by atoms with Crippen molar-refractivity contribution in [3.05, 3.63) is 47.8 Å². The molecule has 130 valence electrons. The van der Waals surface area contributed by atoms with Crippen LogP contribution in [0.3, 0.4) is 0 Å². The molecule has 0 radical (unpaired) electrons. The molecular weight excluding hydrogens is 336 g/mol. The number of ether oxygens (including phenoxy) is 2. The van der Waals surface area contributed by atoms with Crippen LogP contribution in [0.15, 0.2) is 36.7 Å². The van der Waals surface area contributed by atoms with Gasteiger partial charge in [-0.25, -0.2) is 9.97 Å². The average molecular weight is 350 g/mol. The summed E-state index contributed by atoms with van der Waals surface area (Å²) in [6, 6.07) is 8.47. The number of nitrogens with zero attached hydrogens (tertiary/aromatic N) is 2. The number of carbonyl (C=O) groups is 2. The topological polar surface area (TPSA) is 102 Å². The summed E-state index contributed by atoms with van der Waals surface area (Å²) >= 11 is 0. The Kier molecular flexibility index (Phi) is 3.65. The summed E-state index contributed by atoms with van der Waals surface area (Å²) in [6.07, 6.45) is 1.43. The maximum Gasteiger partial charge on any atom is 0.259 e.